The zero-order valence-electron chi connectivity index (χ0n) is 8.43. The Morgan fingerprint density at radius 3 is 3.00 bits per heavy atom. The van der Waals surface area contributed by atoms with Gasteiger partial charge in [-0.3, -0.25) is 9.48 Å². The molecule has 1 aliphatic rings. The predicted octanol–water partition coefficient (Wildman–Crippen LogP) is 0.862. The van der Waals surface area contributed by atoms with Gasteiger partial charge >= 0.3 is 5.97 Å². The number of hydrogen-bond donors (Lipinski definition) is 1. The minimum Gasteiger partial charge on any atom is -0.481 e. The summed E-state index contributed by atoms with van der Waals surface area (Å²) in [6.45, 7) is 1.47. The summed E-state index contributed by atoms with van der Waals surface area (Å²) >= 11 is 0. The summed E-state index contributed by atoms with van der Waals surface area (Å²) in [4.78, 5) is 10.6. The molecule has 1 aliphatic heterocycles. The first-order valence-electron chi connectivity index (χ1n) is 5.09. The predicted molar refractivity (Wildman–Crippen MR) is 52.7 cm³/mol. The first kappa shape index (κ1) is 10.2. The van der Waals surface area contributed by atoms with Crippen molar-refractivity contribution in [1.29, 1.82) is 0 Å². The van der Waals surface area contributed by atoms with Gasteiger partial charge in [0.15, 0.2) is 0 Å². The van der Waals surface area contributed by atoms with Gasteiger partial charge in [0, 0.05) is 25.1 Å². The second-order valence-electron chi connectivity index (χ2n) is 3.68. The van der Waals surface area contributed by atoms with Crippen LogP contribution >= 0.6 is 0 Å². The van der Waals surface area contributed by atoms with Gasteiger partial charge in [0.25, 0.3) is 0 Å². The van der Waals surface area contributed by atoms with Crippen molar-refractivity contribution in [1.82, 2.24) is 9.78 Å². The Hall–Kier alpha value is -1.36. The van der Waals surface area contributed by atoms with Gasteiger partial charge in [-0.25, -0.2) is 0 Å². The number of rotatable bonds is 3. The van der Waals surface area contributed by atoms with E-state index < -0.39 is 5.97 Å². The molecule has 0 aliphatic carbocycles. The van der Waals surface area contributed by atoms with Crippen molar-refractivity contribution in [2.75, 3.05) is 13.2 Å². The Morgan fingerprint density at radius 1 is 1.60 bits per heavy atom. The van der Waals surface area contributed by atoms with Crippen LogP contribution in [0.3, 0.4) is 0 Å². The molecule has 5 heteroatoms. The van der Waals surface area contributed by atoms with Gasteiger partial charge in [-0.1, -0.05) is 0 Å². The highest BCUT2D eigenvalue weighted by Gasteiger charge is 2.19. The maximum absolute atomic E-state index is 10.6. The highest BCUT2D eigenvalue weighted by atomic mass is 16.5. The topological polar surface area (TPSA) is 64.3 Å². The maximum atomic E-state index is 10.6. The molecule has 0 saturated carbocycles. The van der Waals surface area contributed by atoms with Crippen molar-refractivity contribution in [3.05, 3.63) is 18.0 Å². The lowest BCUT2D eigenvalue weighted by Gasteiger charge is -2.23. The van der Waals surface area contributed by atoms with Crippen molar-refractivity contribution in [3.8, 4) is 0 Å². The average Bonchev–Trinajstić information content (AvgIpc) is 2.66. The molecule has 82 valence electrons. The molecule has 0 radical (unpaired) electrons. The highest BCUT2D eigenvalue weighted by Crippen LogP contribution is 2.21. The first-order chi connectivity index (χ1) is 7.27. The van der Waals surface area contributed by atoms with Gasteiger partial charge in [-0.05, 0) is 18.9 Å². The fourth-order valence-electron chi connectivity index (χ4n) is 1.90. The van der Waals surface area contributed by atoms with Gasteiger partial charge < -0.3 is 9.84 Å². The fraction of sp³-hybridized carbons (Fsp3) is 0.600. The van der Waals surface area contributed by atoms with Crippen LogP contribution in [0.1, 0.15) is 24.6 Å². The van der Waals surface area contributed by atoms with Crippen molar-refractivity contribution in [2.45, 2.75) is 25.3 Å². The summed E-state index contributed by atoms with van der Waals surface area (Å²) in [6.07, 6.45) is 3.52. The summed E-state index contributed by atoms with van der Waals surface area (Å²) in [6, 6.07) is 2.06. The minimum atomic E-state index is -0.816. The van der Waals surface area contributed by atoms with E-state index in [-0.39, 0.29) is 6.42 Å². The lowest BCUT2D eigenvalue weighted by Crippen LogP contribution is -2.22. The van der Waals surface area contributed by atoms with E-state index in [9.17, 15) is 4.79 Å². The van der Waals surface area contributed by atoms with Crippen molar-refractivity contribution in [2.24, 2.45) is 0 Å². The number of carboxylic acid groups (broad SMARTS) is 1. The van der Waals surface area contributed by atoms with Gasteiger partial charge in [-0.2, -0.15) is 5.10 Å². The SMILES string of the molecule is O=C(O)Cc1ccnn1C1CCOCC1. The van der Waals surface area contributed by atoms with E-state index in [2.05, 4.69) is 5.10 Å². The molecule has 2 heterocycles. The Morgan fingerprint density at radius 2 is 2.33 bits per heavy atom. The molecular formula is C10H14N2O3. The normalized spacial score (nSPS) is 17.9. The Bertz CT molecular complexity index is 342. The summed E-state index contributed by atoms with van der Waals surface area (Å²) in [5.74, 6) is -0.816. The summed E-state index contributed by atoms with van der Waals surface area (Å²) in [5, 5.41) is 12.9. The molecule has 1 aromatic heterocycles. The molecule has 0 amide bonds. The number of aliphatic carboxylic acids is 1. The van der Waals surface area contributed by atoms with Gasteiger partial charge in [0.2, 0.25) is 0 Å². The molecule has 1 fully saturated rings. The van der Waals surface area contributed by atoms with Crippen LogP contribution in [0.25, 0.3) is 0 Å². The van der Waals surface area contributed by atoms with Crippen LogP contribution < -0.4 is 0 Å². The lowest BCUT2D eigenvalue weighted by molar-refractivity contribution is -0.136. The van der Waals surface area contributed by atoms with Gasteiger partial charge in [0.1, 0.15) is 0 Å². The molecule has 0 unspecified atom stereocenters. The van der Waals surface area contributed by atoms with E-state index in [0.717, 1.165) is 31.7 Å². The molecule has 1 aromatic rings. The third kappa shape index (κ3) is 2.36. The molecule has 1 N–H and O–H groups in total. The molecule has 15 heavy (non-hydrogen) atoms. The zero-order valence-corrected chi connectivity index (χ0v) is 8.43. The van der Waals surface area contributed by atoms with E-state index in [0.29, 0.717) is 6.04 Å². The van der Waals surface area contributed by atoms with Crippen molar-refractivity contribution < 1.29 is 14.6 Å². The van der Waals surface area contributed by atoms with E-state index in [4.69, 9.17) is 9.84 Å². The van der Waals surface area contributed by atoms with Crippen molar-refractivity contribution >= 4 is 5.97 Å². The third-order valence-electron chi connectivity index (χ3n) is 2.62. The molecule has 0 aromatic carbocycles. The Balaban J connectivity index is 2.12. The van der Waals surface area contributed by atoms with Crippen LogP contribution in [0.5, 0.6) is 0 Å². The summed E-state index contributed by atoms with van der Waals surface area (Å²) < 4.78 is 7.09. The number of nitrogens with zero attached hydrogens (tertiary/aromatic N) is 2. The number of hydrogen-bond acceptors (Lipinski definition) is 3. The molecule has 0 spiro atoms. The van der Waals surface area contributed by atoms with E-state index >= 15 is 0 Å². The van der Waals surface area contributed by atoms with Crippen molar-refractivity contribution in [3.63, 3.8) is 0 Å². The molecule has 0 bridgehead atoms. The number of aromatic nitrogens is 2. The van der Waals surface area contributed by atoms with Crippen LogP contribution in [0.4, 0.5) is 0 Å². The second kappa shape index (κ2) is 4.44. The Labute approximate surface area is 87.7 Å². The smallest absolute Gasteiger partial charge is 0.309 e. The number of carbonyl (C=O) groups is 1. The second-order valence-corrected chi connectivity index (χ2v) is 3.68. The monoisotopic (exact) mass is 210 g/mol. The number of ether oxygens (including phenoxy) is 1. The maximum Gasteiger partial charge on any atom is 0.309 e. The summed E-state index contributed by atoms with van der Waals surface area (Å²) in [5.41, 5.74) is 0.773. The third-order valence-corrected chi connectivity index (χ3v) is 2.62. The summed E-state index contributed by atoms with van der Waals surface area (Å²) in [7, 11) is 0. The van der Waals surface area contributed by atoms with Crippen LogP contribution in [0.2, 0.25) is 0 Å². The molecule has 0 atom stereocenters. The molecule has 2 rings (SSSR count). The van der Waals surface area contributed by atoms with E-state index in [1.54, 1.807) is 12.3 Å². The van der Waals surface area contributed by atoms with Gasteiger partial charge in [-0.15, -0.1) is 0 Å². The number of carboxylic acids is 1. The Kier molecular flexibility index (Phi) is 3.01. The standard InChI is InChI=1S/C10H14N2O3/c13-10(14)7-9-1-4-11-12(9)8-2-5-15-6-3-8/h1,4,8H,2-3,5-7H2,(H,13,14). The fourth-order valence-corrected chi connectivity index (χ4v) is 1.90. The quantitative estimate of drug-likeness (QED) is 0.803. The van der Waals surface area contributed by atoms with Crippen LogP contribution in [-0.4, -0.2) is 34.1 Å². The largest absolute Gasteiger partial charge is 0.481 e. The average molecular weight is 210 g/mol. The first-order valence-corrected chi connectivity index (χ1v) is 5.09. The zero-order chi connectivity index (χ0) is 10.7. The van der Waals surface area contributed by atoms with Crippen LogP contribution in [0, 0.1) is 0 Å². The molecular weight excluding hydrogens is 196 g/mol. The molecule has 1 saturated heterocycles. The van der Waals surface area contributed by atoms with Gasteiger partial charge in [0.05, 0.1) is 12.5 Å². The van der Waals surface area contributed by atoms with E-state index in [1.807, 2.05) is 4.68 Å². The lowest BCUT2D eigenvalue weighted by atomic mass is 10.1. The minimum absolute atomic E-state index is 0.0390. The highest BCUT2D eigenvalue weighted by molar-refractivity contribution is 5.69. The van der Waals surface area contributed by atoms with E-state index in [1.165, 1.54) is 0 Å². The van der Waals surface area contributed by atoms with Crippen LogP contribution in [0.15, 0.2) is 12.3 Å². The van der Waals surface area contributed by atoms with Crippen LogP contribution in [-0.2, 0) is 16.0 Å². The molecule has 5 nitrogen and oxygen atoms in total.